The molecule has 8 nitrogen and oxygen atoms in total. The van der Waals surface area contributed by atoms with E-state index in [0.29, 0.717) is 22.7 Å². The van der Waals surface area contributed by atoms with E-state index in [4.69, 9.17) is 4.74 Å². The predicted octanol–water partition coefficient (Wildman–Crippen LogP) is 3.93. The number of benzene rings is 2. The highest BCUT2D eigenvalue weighted by atomic mass is 19.4. The number of amides is 3. The van der Waals surface area contributed by atoms with Crippen LogP contribution in [-0.4, -0.2) is 52.4 Å². The summed E-state index contributed by atoms with van der Waals surface area (Å²) in [5.74, 6) is -1.29. The van der Waals surface area contributed by atoms with Gasteiger partial charge in [0.25, 0.3) is 11.8 Å². The van der Waals surface area contributed by atoms with Crippen molar-refractivity contribution in [1.82, 2.24) is 15.2 Å². The van der Waals surface area contributed by atoms with Crippen molar-refractivity contribution in [3.05, 3.63) is 89.1 Å². The number of pyridine rings is 1. The second-order valence-electron chi connectivity index (χ2n) is 10.4. The van der Waals surface area contributed by atoms with Crippen molar-refractivity contribution < 1.29 is 32.3 Å². The second kappa shape index (κ2) is 9.35. The lowest BCUT2D eigenvalue weighted by Gasteiger charge is -2.43. The first-order valence-electron chi connectivity index (χ1n) is 12.9. The molecule has 0 radical (unpaired) electrons. The SMILES string of the molecule is C[C@@H]1[C@H](c2ccccc2)C[C@H](NC(=O)c2ccc3c(c2)CC2(O3)C(=O)Nc3ncccc32)C(=O)N1CC(F)(F)F. The Morgan fingerprint density at radius 1 is 1.15 bits per heavy atom. The maximum atomic E-state index is 13.4. The fraction of sp³-hybridized carbons (Fsp3) is 0.310. The van der Waals surface area contributed by atoms with E-state index in [2.05, 4.69) is 15.6 Å². The molecular weight excluding hydrogens is 525 g/mol. The number of ether oxygens (including phenoxy) is 1. The number of rotatable bonds is 4. The normalized spacial score (nSPS) is 25.3. The quantitative estimate of drug-likeness (QED) is 0.513. The lowest BCUT2D eigenvalue weighted by Crippen LogP contribution is -2.59. The molecular formula is C29H25F3N4O4. The summed E-state index contributed by atoms with van der Waals surface area (Å²) < 4.78 is 46.3. The number of likely N-dealkylation sites (tertiary alicyclic amines) is 1. The van der Waals surface area contributed by atoms with Gasteiger partial charge in [-0.15, -0.1) is 0 Å². The standard InChI is InChI=1S/C29H25F3N4O4/c1-16-20(17-6-3-2-4-7-17)13-22(26(38)36(16)15-29(30,31)32)34-25(37)18-9-10-23-19(12-18)14-28(40-23)21-8-5-11-33-24(21)35-27(28)39/h2-12,16,20,22H,13-15H2,1H3,(H,34,37)(H,33,35,39)/t16-,20-,22+,28?/m1/s1. The lowest BCUT2D eigenvalue weighted by molar-refractivity contribution is -0.170. The van der Waals surface area contributed by atoms with Crippen LogP contribution in [0.3, 0.4) is 0 Å². The van der Waals surface area contributed by atoms with E-state index in [1.54, 1.807) is 55.6 Å². The zero-order chi connectivity index (χ0) is 28.2. The van der Waals surface area contributed by atoms with Gasteiger partial charge in [-0.3, -0.25) is 14.4 Å². The van der Waals surface area contributed by atoms with Gasteiger partial charge in [0.2, 0.25) is 11.5 Å². The smallest absolute Gasteiger partial charge is 0.406 e. The van der Waals surface area contributed by atoms with Crippen molar-refractivity contribution in [3.63, 3.8) is 0 Å². The van der Waals surface area contributed by atoms with E-state index in [0.717, 1.165) is 10.5 Å². The van der Waals surface area contributed by atoms with Gasteiger partial charge in [-0.2, -0.15) is 13.2 Å². The van der Waals surface area contributed by atoms with Gasteiger partial charge in [0.1, 0.15) is 24.2 Å². The Labute approximate surface area is 227 Å². The third-order valence-electron chi connectivity index (χ3n) is 7.92. The minimum Gasteiger partial charge on any atom is -0.472 e. The molecule has 206 valence electrons. The molecule has 1 saturated heterocycles. The highest BCUT2D eigenvalue weighted by molar-refractivity contribution is 6.05. The summed E-state index contributed by atoms with van der Waals surface area (Å²) in [5.41, 5.74) is 0.912. The highest BCUT2D eigenvalue weighted by Gasteiger charge is 2.54. The third kappa shape index (κ3) is 4.35. The lowest BCUT2D eigenvalue weighted by atomic mass is 9.81. The summed E-state index contributed by atoms with van der Waals surface area (Å²) in [6, 6.07) is 15.3. The van der Waals surface area contributed by atoms with Crippen LogP contribution in [0.15, 0.2) is 66.9 Å². The maximum absolute atomic E-state index is 13.4. The summed E-state index contributed by atoms with van der Waals surface area (Å²) >= 11 is 0. The highest BCUT2D eigenvalue weighted by Crippen LogP contribution is 2.47. The number of piperidine rings is 1. The van der Waals surface area contributed by atoms with Crippen LogP contribution < -0.4 is 15.4 Å². The minimum absolute atomic E-state index is 0.158. The number of carbonyl (C=O) groups is 3. The number of nitrogens with one attached hydrogen (secondary N) is 2. The molecule has 0 saturated carbocycles. The van der Waals surface area contributed by atoms with Crippen LogP contribution in [0.2, 0.25) is 0 Å². The largest absolute Gasteiger partial charge is 0.472 e. The maximum Gasteiger partial charge on any atom is 0.406 e. The number of hydrogen-bond donors (Lipinski definition) is 2. The van der Waals surface area contributed by atoms with E-state index < -0.39 is 48.1 Å². The summed E-state index contributed by atoms with van der Waals surface area (Å²) in [5, 5.41) is 5.40. The van der Waals surface area contributed by atoms with E-state index >= 15 is 0 Å². The van der Waals surface area contributed by atoms with E-state index in [-0.39, 0.29) is 24.3 Å². The molecule has 11 heteroatoms. The van der Waals surface area contributed by atoms with Crippen LogP contribution in [0.5, 0.6) is 5.75 Å². The minimum atomic E-state index is -4.59. The number of fused-ring (bicyclic) bond motifs is 3. The molecule has 4 atom stereocenters. The molecule has 0 aliphatic carbocycles. The Kier molecular flexibility index (Phi) is 6.04. The predicted molar refractivity (Wildman–Crippen MR) is 138 cm³/mol. The summed E-state index contributed by atoms with van der Waals surface area (Å²) in [6.07, 6.45) is -2.70. The molecule has 6 rings (SSSR count). The van der Waals surface area contributed by atoms with Gasteiger partial charge in [-0.05, 0) is 54.8 Å². The van der Waals surface area contributed by atoms with Crippen LogP contribution in [0.25, 0.3) is 0 Å². The number of aromatic nitrogens is 1. The average molecular weight is 551 g/mol. The molecule has 2 N–H and O–H groups in total. The van der Waals surface area contributed by atoms with Gasteiger partial charge in [-0.1, -0.05) is 30.3 Å². The number of carbonyl (C=O) groups excluding carboxylic acids is 3. The van der Waals surface area contributed by atoms with Crippen LogP contribution in [0.1, 0.15) is 46.3 Å². The van der Waals surface area contributed by atoms with Crippen molar-refractivity contribution in [1.29, 1.82) is 0 Å². The summed E-state index contributed by atoms with van der Waals surface area (Å²) in [6.45, 7) is 0.196. The topological polar surface area (TPSA) is 101 Å². The second-order valence-corrected chi connectivity index (χ2v) is 10.4. The Balaban J connectivity index is 1.25. The molecule has 3 aromatic rings. The molecule has 4 heterocycles. The van der Waals surface area contributed by atoms with Crippen LogP contribution >= 0.6 is 0 Å². The third-order valence-corrected chi connectivity index (χ3v) is 7.92. The molecule has 1 fully saturated rings. The van der Waals surface area contributed by atoms with Crippen LogP contribution in [0.4, 0.5) is 19.0 Å². The molecule has 1 spiro atoms. The molecule has 2 aromatic carbocycles. The van der Waals surface area contributed by atoms with Gasteiger partial charge in [0.15, 0.2) is 0 Å². The first-order valence-corrected chi connectivity index (χ1v) is 12.9. The summed E-state index contributed by atoms with van der Waals surface area (Å²) in [4.78, 5) is 44.4. The van der Waals surface area contributed by atoms with Gasteiger partial charge in [-0.25, -0.2) is 4.98 Å². The first kappa shape index (κ1) is 25.8. The number of nitrogens with zero attached hydrogens (tertiary/aromatic N) is 2. The molecule has 40 heavy (non-hydrogen) atoms. The fourth-order valence-corrected chi connectivity index (χ4v) is 5.95. The molecule has 0 bridgehead atoms. The molecule has 1 aromatic heterocycles. The Morgan fingerprint density at radius 3 is 2.67 bits per heavy atom. The summed E-state index contributed by atoms with van der Waals surface area (Å²) in [7, 11) is 0. The monoisotopic (exact) mass is 550 g/mol. The van der Waals surface area contributed by atoms with Gasteiger partial charge in [0, 0.05) is 35.7 Å². The van der Waals surface area contributed by atoms with Crippen LogP contribution in [-0.2, 0) is 21.6 Å². The number of alkyl halides is 3. The van der Waals surface area contributed by atoms with Gasteiger partial charge in [0.05, 0.1) is 0 Å². The number of hydrogen-bond acceptors (Lipinski definition) is 5. The van der Waals surface area contributed by atoms with Crippen molar-refractivity contribution >= 4 is 23.5 Å². The van der Waals surface area contributed by atoms with Crippen molar-refractivity contribution in [2.45, 2.75) is 49.5 Å². The van der Waals surface area contributed by atoms with Gasteiger partial charge >= 0.3 is 6.18 Å². The van der Waals surface area contributed by atoms with Crippen LogP contribution in [0, 0.1) is 0 Å². The Morgan fingerprint density at radius 2 is 1.93 bits per heavy atom. The number of halogens is 3. The molecule has 1 unspecified atom stereocenters. The van der Waals surface area contributed by atoms with E-state index in [1.165, 1.54) is 6.07 Å². The molecule has 3 aliphatic heterocycles. The zero-order valence-electron chi connectivity index (χ0n) is 21.4. The average Bonchev–Trinajstić information content (AvgIpc) is 3.44. The van der Waals surface area contributed by atoms with Crippen molar-refractivity contribution in [2.75, 3.05) is 11.9 Å². The molecule has 3 aliphatic rings. The number of anilines is 1. The molecule has 3 amide bonds. The van der Waals surface area contributed by atoms with E-state index in [9.17, 15) is 27.6 Å². The Bertz CT molecular complexity index is 1510. The fourth-order valence-electron chi connectivity index (χ4n) is 5.95. The van der Waals surface area contributed by atoms with Gasteiger partial charge < -0.3 is 20.3 Å². The van der Waals surface area contributed by atoms with E-state index in [1.807, 2.05) is 12.1 Å². The Hall–Kier alpha value is -4.41. The first-order chi connectivity index (χ1) is 19.1. The van der Waals surface area contributed by atoms with Crippen molar-refractivity contribution in [3.8, 4) is 5.75 Å². The zero-order valence-corrected chi connectivity index (χ0v) is 21.4. The van der Waals surface area contributed by atoms with Crippen molar-refractivity contribution in [2.24, 2.45) is 0 Å².